The quantitative estimate of drug-likeness (QED) is 0.362. The highest BCUT2D eigenvalue weighted by Gasteiger charge is 2.16. The lowest BCUT2D eigenvalue weighted by Crippen LogP contribution is -2.15. The van der Waals surface area contributed by atoms with E-state index in [-0.39, 0.29) is 22.2 Å². The summed E-state index contributed by atoms with van der Waals surface area (Å²) in [6.07, 6.45) is 0.714. The highest BCUT2D eigenvalue weighted by Crippen LogP contribution is 2.25. The van der Waals surface area contributed by atoms with Crippen LogP contribution in [0.25, 0.3) is 11.4 Å². The number of halogens is 1. The molecule has 0 radical (unpaired) electrons. The van der Waals surface area contributed by atoms with Gasteiger partial charge in [0, 0.05) is 17.8 Å². The monoisotopic (exact) mass is 458 g/mol. The number of carbonyl (C=O) groups excluding carboxylic acids is 2. The molecule has 0 fully saturated rings. The summed E-state index contributed by atoms with van der Waals surface area (Å²) in [4.78, 5) is 24.6. The number of nitrogens with one attached hydrogen (secondary N) is 1. The number of benzene rings is 2. The predicted molar refractivity (Wildman–Crippen MR) is 123 cm³/mol. The lowest BCUT2D eigenvalue weighted by atomic mass is 10.2. The Bertz CT molecular complexity index is 1060. The van der Waals surface area contributed by atoms with Crippen molar-refractivity contribution < 1.29 is 14.3 Å². The molecule has 7 nitrogen and oxygen atoms in total. The van der Waals surface area contributed by atoms with Crippen LogP contribution in [0.1, 0.15) is 30.6 Å². The van der Waals surface area contributed by atoms with E-state index in [0.29, 0.717) is 30.4 Å². The fraction of sp³-hybridized carbons (Fsp3) is 0.273. The summed E-state index contributed by atoms with van der Waals surface area (Å²) in [7, 11) is 0. The van der Waals surface area contributed by atoms with E-state index >= 15 is 0 Å². The molecule has 0 aliphatic carbocycles. The Morgan fingerprint density at radius 2 is 1.90 bits per heavy atom. The maximum Gasteiger partial charge on any atom is 0.339 e. The van der Waals surface area contributed by atoms with Gasteiger partial charge in [-0.05, 0) is 31.5 Å². The molecule has 2 aromatic carbocycles. The summed E-state index contributed by atoms with van der Waals surface area (Å²) in [6.45, 7) is 4.91. The Morgan fingerprint density at radius 1 is 1.13 bits per heavy atom. The second kappa shape index (κ2) is 11.0. The molecule has 9 heteroatoms. The van der Waals surface area contributed by atoms with Crippen LogP contribution >= 0.6 is 23.4 Å². The SMILES string of the molecule is CCCOC(=O)c1cc(NC(=O)CSc2nnc(-c3ccccc3)n2CC)ccc1Cl. The molecule has 1 aromatic heterocycles. The first-order valence-corrected chi connectivity index (χ1v) is 11.3. The molecule has 1 heterocycles. The number of hydrogen-bond donors (Lipinski definition) is 1. The molecule has 0 aliphatic rings. The van der Waals surface area contributed by atoms with Crippen LogP contribution in [0.3, 0.4) is 0 Å². The van der Waals surface area contributed by atoms with E-state index in [0.717, 1.165) is 11.4 Å². The Labute approximate surface area is 190 Å². The zero-order chi connectivity index (χ0) is 22.2. The van der Waals surface area contributed by atoms with E-state index in [2.05, 4.69) is 15.5 Å². The molecule has 0 unspecified atom stereocenters. The van der Waals surface area contributed by atoms with Crippen LogP contribution in [0, 0.1) is 0 Å². The van der Waals surface area contributed by atoms with Crippen LogP contribution < -0.4 is 5.32 Å². The Balaban J connectivity index is 1.65. The van der Waals surface area contributed by atoms with Crippen molar-refractivity contribution in [2.45, 2.75) is 32.0 Å². The van der Waals surface area contributed by atoms with E-state index in [1.165, 1.54) is 17.8 Å². The van der Waals surface area contributed by atoms with Crippen molar-refractivity contribution >= 4 is 40.9 Å². The summed E-state index contributed by atoms with van der Waals surface area (Å²) in [5.41, 5.74) is 1.66. The number of aromatic nitrogens is 3. The Morgan fingerprint density at radius 3 is 2.61 bits per heavy atom. The van der Waals surface area contributed by atoms with Gasteiger partial charge in [0.25, 0.3) is 0 Å². The molecule has 0 atom stereocenters. The van der Waals surface area contributed by atoms with Crippen LogP contribution in [-0.2, 0) is 16.1 Å². The molecule has 0 saturated heterocycles. The molecule has 0 bridgehead atoms. The summed E-state index contributed by atoms with van der Waals surface area (Å²) in [5, 5.41) is 12.2. The number of rotatable bonds is 9. The molecule has 162 valence electrons. The van der Waals surface area contributed by atoms with Crippen LogP contribution in [0.15, 0.2) is 53.7 Å². The molecule has 0 spiro atoms. The molecular formula is C22H23ClN4O3S. The number of carbonyl (C=O) groups is 2. The molecule has 1 amide bonds. The Hall–Kier alpha value is -2.84. The third kappa shape index (κ3) is 5.86. The van der Waals surface area contributed by atoms with Gasteiger partial charge in [-0.1, -0.05) is 60.6 Å². The van der Waals surface area contributed by atoms with Gasteiger partial charge in [-0.3, -0.25) is 4.79 Å². The largest absolute Gasteiger partial charge is 0.462 e. The first-order valence-electron chi connectivity index (χ1n) is 9.91. The second-order valence-corrected chi connectivity index (χ2v) is 7.93. The minimum absolute atomic E-state index is 0.144. The first kappa shape index (κ1) is 22.8. The fourth-order valence-electron chi connectivity index (χ4n) is 2.84. The topological polar surface area (TPSA) is 86.1 Å². The van der Waals surface area contributed by atoms with Crippen LogP contribution in [0.2, 0.25) is 5.02 Å². The van der Waals surface area contributed by atoms with E-state index < -0.39 is 5.97 Å². The van der Waals surface area contributed by atoms with Gasteiger partial charge in [0.05, 0.1) is 22.9 Å². The van der Waals surface area contributed by atoms with E-state index in [4.69, 9.17) is 16.3 Å². The zero-order valence-electron chi connectivity index (χ0n) is 17.3. The highest BCUT2D eigenvalue weighted by atomic mass is 35.5. The molecule has 1 N–H and O–H groups in total. The maximum absolute atomic E-state index is 12.5. The molecule has 3 aromatic rings. The number of thioether (sulfide) groups is 1. The minimum Gasteiger partial charge on any atom is -0.462 e. The van der Waals surface area contributed by atoms with Gasteiger partial charge in [0.1, 0.15) is 0 Å². The second-order valence-electron chi connectivity index (χ2n) is 6.58. The van der Waals surface area contributed by atoms with Crippen LogP contribution in [0.5, 0.6) is 0 Å². The standard InChI is InChI=1S/C22H23ClN4O3S/c1-3-12-30-21(29)17-13-16(10-11-18(17)23)24-19(28)14-31-22-26-25-20(27(22)4-2)15-8-6-5-7-9-15/h5-11,13H,3-4,12,14H2,1-2H3,(H,24,28). The summed E-state index contributed by atoms with van der Waals surface area (Å²) in [5.74, 6) is 0.165. The zero-order valence-corrected chi connectivity index (χ0v) is 18.9. The molecule has 31 heavy (non-hydrogen) atoms. The van der Waals surface area contributed by atoms with E-state index in [9.17, 15) is 9.59 Å². The van der Waals surface area contributed by atoms with Crippen molar-refractivity contribution in [1.82, 2.24) is 14.8 Å². The van der Waals surface area contributed by atoms with Crippen LogP contribution in [-0.4, -0.2) is 39.0 Å². The van der Waals surface area contributed by atoms with Crippen molar-refractivity contribution in [2.24, 2.45) is 0 Å². The van der Waals surface area contributed by atoms with Gasteiger partial charge in [-0.15, -0.1) is 10.2 Å². The van der Waals surface area contributed by atoms with Crippen molar-refractivity contribution in [3.8, 4) is 11.4 Å². The molecule has 3 rings (SSSR count). The van der Waals surface area contributed by atoms with Gasteiger partial charge in [-0.2, -0.15) is 0 Å². The minimum atomic E-state index is -0.512. The van der Waals surface area contributed by atoms with Gasteiger partial charge in [0.2, 0.25) is 5.91 Å². The third-order valence-electron chi connectivity index (χ3n) is 4.30. The van der Waals surface area contributed by atoms with Crippen molar-refractivity contribution in [1.29, 1.82) is 0 Å². The van der Waals surface area contributed by atoms with Gasteiger partial charge in [-0.25, -0.2) is 4.79 Å². The van der Waals surface area contributed by atoms with E-state index in [1.807, 2.05) is 48.7 Å². The molecule has 0 aliphatic heterocycles. The molecular weight excluding hydrogens is 436 g/mol. The lowest BCUT2D eigenvalue weighted by Gasteiger charge is -2.10. The molecule has 0 saturated carbocycles. The number of ether oxygens (including phenoxy) is 1. The first-order chi connectivity index (χ1) is 15.0. The van der Waals surface area contributed by atoms with Crippen molar-refractivity contribution in [2.75, 3.05) is 17.7 Å². The number of amides is 1. The van der Waals surface area contributed by atoms with Gasteiger partial charge >= 0.3 is 5.97 Å². The van der Waals surface area contributed by atoms with Gasteiger partial charge < -0.3 is 14.6 Å². The lowest BCUT2D eigenvalue weighted by molar-refractivity contribution is -0.113. The van der Waals surface area contributed by atoms with Gasteiger partial charge in [0.15, 0.2) is 11.0 Å². The summed E-state index contributed by atoms with van der Waals surface area (Å²) >= 11 is 7.40. The maximum atomic E-state index is 12.5. The number of hydrogen-bond acceptors (Lipinski definition) is 6. The average molecular weight is 459 g/mol. The normalized spacial score (nSPS) is 10.7. The number of nitrogens with zero attached hydrogens (tertiary/aromatic N) is 3. The summed E-state index contributed by atoms with van der Waals surface area (Å²) < 4.78 is 7.10. The smallest absolute Gasteiger partial charge is 0.339 e. The average Bonchev–Trinajstić information content (AvgIpc) is 3.21. The highest BCUT2D eigenvalue weighted by molar-refractivity contribution is 7.99. The summed E-state index contributed by atoms with van der Waals surface area (Å²) in [6, 6.07) is 14.5. The van der Waals surface area contributed by atoms with Crippen molar-refractivity contribution in [3.63, 3.8) is 0 Å². The third-order valence-corrected chi connectivity index (χ3v) is 5.60. The van der Waals surface area contributed by atoms with Crippen LogP contribution in [0.4, 0.5) is 5.69 Å². The fourth-order valence-corrected chi connectivity index (χ4v) is 3.84. The van der Waals surface area contributed by atoms with Crippen molar-refractivity contribution in [3.05, 3.63) is 59.1 Å². The number of anilines is 1. The van der Waals surface area contributed by atoms with E-state index in [1.54, 1.807) is 12.1 Å². The Kier molecular flexibility index (Phi) is 8.08. The predicted octanol–water partition coefficient (Wildman–Crippen LogP) is 4.92. The number of esters is 1.